The fourth-order valence-corrected chi connectivity index (χ4v) is 3.67. The van der Waals surface area contributed by atoms with Crippen LogP contribution in [-0.2, 0) is 16.0 Å². The molecule has 1 aliphatic rings. The number of nitrogens with one attached hydrogen (secondary N) is 1. The summed E-state index contributed by atoms with van der Waals surface area (Å²) in [6.07, 6.45) is 1.10. The lowest BCUT2D eigenvalue weighted by molar-refractivity contribution is -0.122. The Labute approximate surface area is 161 Å². The molecule has 0 saturated carbocycles. The number of hydrogen-bond donors (Lipinski definition) is 1. The van der Waals surface area contributed by atoms with E-state index in [2.05, 4.69) is 12.2 Å². The Bertz CT molecular complexity index is 860. The van der Waals surface area contributed by atoms with Crippen molar-refractivity contribution in [2.24, 2.45) is 5.92 Å². The summed E-state index contributed by atoms with van der Waals surface area (Å²) in [5.41, 5.74) is 5.03. The van der Waals surface area contributed by atoms with E-state index in [1.165, 1.54) is 0 Å². The zero-order valence-electron chi connectivity index (χ0n) is 16.5. The van der Waals surface area contributed by atoms with Crippen LogP contribution in [0.2, 0.25) is 0 Å². The van der Waals surface area contributed by atoms with Crippen LogP contribution in [0.1, 0.15) is 24.5 Å². The Hall–Kier alpha value is -2.82. The fraction of sp³-hybridized carbons (Fsp3) is 0.364. The van der Waals surface area contributed by atoms with Gasteiger partial charge in [0.15, 0.2) is 0 Å². The van der Waals surface area contributed by atoms with Crippen molar-refractivity contribution < 1.29 is 9.59 Å². The van der Waals surface area contributed by atoms with Crippen LogP contribution in [0.4, 0.5) is 17.1 Å². The van der Waals surface area contributed by atoms with Crippen molar-refractivity contribution in [3.05, 3.63) is 53.6 Å². The molecule has 2 aromatic carbocycles. The Morgan fingerprint density at radius 2 is 1.96 bits per heavy atom. The second-order valence-electron chi connectivity index (χ2n) is 7.27. The van der Waals surface area contributed by atoms with Crippen LogP contribution in [0.3, 0.4) is 0 Å². The van der Waals surface area contributed by atoms with Crippen molar-refractivity contribution in [2.45, 2.75) is 26.7 Å². The standard InChI is InChI=1S/C22H27N3O2/c1-5-16-8-6-7-9-20(16)25-14-17(13-21(25)26)22(27)23-18-10-11-19(24(3)4)15(2)12-18/h6-12,17H,5,13-14H2,1-4H3,(H,23,27). The molecule has 0 radical (unpaired) electrons. The van der Waals surface area contributed by atoms with E-state index in [1.807, 2.05) is 68.4 Å². The van der Waals surface area contributed by atoms with Crippen molar-refractivity contribution in [3.8, 4) is 0 Å². The van der Waals surface area contributed by atoms with Crippen LogP contribution in [0.15, 0.2) is 42.5 Å². The molecule has 3 rings (SSSR count). The summed E-state index contributed by atoms with van der Waals surface area (Å²) < 4.78 is 0. The summed E-state index contributed by atoms with van der Waals surface area (Å²) in [7, 11) is 3.99. The molecule has 5 heteroatoms. The van der Waals surface area contributed by atoms with E-state index in [0.29, 0.717) is 6.54 Å². The molecule has 142 valence electrons. The summed E-state index contributed by atoms with van der Waals surface area (Å²) in [5, 5.41) is 2.98. The predicted octanol–water partition coefficient (Wildman–Crippen LogP) is 3.62. The molecule has 1 fully saturated rings. The van der Waals surface area contributed by atoms with Crippen molar-refractivity contribution in [1.82, 2.24) is 0 Å². The molecular weight excluding hydrogens is 338 g/mol. The van der Waals surface area contributed by atoms with Crippen LogP contribution in [0.5, 0.6) is 0 Å². The highest BCUT2D eigenvalue weighted by Gasteiger charge is 2.35. The third-order valence-electron chi connectivity index (χ3n) is 5.11. The highest BCUT2D eigenvalue weighted by molar-refractivity contribution is 6.04. The molecule has 0 aromatic heterocycles. The van der Waals surface area contributed by atoms with Gasteiger partial charge in [0, 0.05) is 44.1 Å². The van der Waals surface area contributed by atoms with Gasteiger partial charge in [-0.3, -0.25) is 9.59 Å². The molecule has 27 heavy (non-hydrogen) atoms. The maximum Gasteiger partial charge on any atom is 0.229 e. The number of para-hydroxylation sites is 1. The van der Waals surface area contributed by atoms with Crippen LogP contribution < -0.4 is 15.1 Å². The van der Waals surface area contributed by atoms with Gasteiger partial charge in [0.2, 0.25) is 11.8 Å². The minimum absolute atomic E-state index is 0.00943. The lowest BCUT2D eigenvalue weighted by Gasteiger charge is -2.20. The van der Waals surface area contributed by atoms with E-state index in [-0.39, 0.29) is 24.2 Å². The number of anilines is 3. The van der Waals surface area contributed by atoms with Crippen LogP contribution in [0.25, 0.3) is 0 Å². The first-order valence-corrected chi connectivity index (χ1v) is 9.37. The molecule has 1 saturated heterocycles. The summed E-state index contributed by atoms with van der Waals surface area (Å²) in [5.74, 6) is -0.428. The molecule has 0 bridgehead atoms. The van der Waals surface area contributed by atoms with E-state index < -0.39 is 0 Å². The molecule has 0 aliphatic carbocycles. The SMILES string of the molecule is CCc1ccccc1N1CC(C(=O)Nc2ccc(N(C)C)c(C)c2)CC1=O. The number of carbonyl (C=O) groups excluding carboxylic acids is 2. The van der Waals surface area contributed by atoms with Crippen molar-refractivity contribution in [3.63, 3.8) is 0 Å². The lowest BCUT2D eigenvalue weighted by Crippen LogP contribution is -2.28. The molecule has 2 aromatic rings. The molecule has 5 nitrogen and oxygen atoms in total. The van der Waals surface area contributed by atoms with E-state index in [0.717, 1.165) is 34.6 Å². The number of aryl methyl sites for hydroxylation is 2. The monoisotopic (exact) mass is 365 g/mol. The quantitative estimate of drug-likeness (QED) is 0.881. The highest BCUT2D eigenvalue weighted by atomic mass is 16.2. The van der Waals surface area contributed by atoms with Gasteiger partial charge in [-0.25, -0.2) is 0 Å². The third kappa shape index (κ3) is 3.97. The normalized spacial score (nSPS) is 16.5. The molecule has 2 amide bonds. The highest BCUT2D eigenvalue weighted by Crippen LogP contribution is 2.29. The first-order chi connectivity index (χ1) is 12.9. The summed E-state index contributed by atoms with van der Waals surface area (Å²) in [4.78, 5) is 29.0. The molecule has 1 aliphatic heterocycles. The average molecular weight is 365 g/mol. The molecular formula is C22H27N3O2. The van der Waals surface area contributed by atoms with Gasteiger partial charge in [-0.2, -0.15) is 0 Å². The number of benzene rings is 2. The molecule has 1 heterocycles. The summed E-state index contributed by atoms with van der Waals surface area (Å²) in [6, 6.07) is 13.8. The largest absolute Gasteiger partial charge is 0.377 e. The van der Waals surface area contributed by atoms with E-state index in [4.69, 9.17) is 0 Å². The van der Waals surface area contributed by atoms with Gasteiger partial charge in [-0.1, -0.05) is 25.1 Å². The Balaban J connectivity index is 1.72. The Morgan fingerprint density at radius 3 is 2.63 bits per heavy atom. The van der Waals surface area contributed by atoms with Crippen LogP contribution in [0, 0.1) is 12.8 Å². The third-order valence-corrected chi connectivity index (χ3v) is 5.11. The fourth-order valence-electron chi connectivity index (χ4n) is 3.67. The van der Waals surface area contributed by atoms with Gasteiger partial charge in [0.05, 0.1) is 5.92 Å². The van der Waals surface area contributed by atoms with Gasteiger partial charge < -0.3 is 15.1 Å². The second kappa shape index (κ2) is 7.82. The van der Waals surface area contributed by atoms with Gasteiger partial charge in [-0.15, -0.1) is 0 Å². The first kappa shape index (κ1) is 19.0. The number of amides is 2. The van der Waals surface area contributed by atoms with E-state index >= 15 is 0 Å². The maximum atomic E-state index is 12.7. The molecule has 0 spiro atoms. The zero-order chi connectivity index (χ0) is 19.6. The topological polar surface area (TPSA) is 52.7 Å². The van der Waals surface area contributed by atoms with Crippen molar-refractivity contribution >= 4 is 28.9 Å². The summed E-state index contributed by atoms with van der Waals surface area (Å²) in [6.45, 7) is 4.52. The smallest absolute Gasteiger partial charge is 0.229 e. The number of carbonyl (C=O) groups is 2. The van der Waals surface area contributed by atoms with Gasteiger partial charge in [0.25, 0.3) is 0 Å². The number of nitrogens with zero attached hydrogens (tertiary/aromatic N) is 2. The maximum absolute atomic E-state index is 12.7. The minimum atomic E-state index is -0.337. The van der Waals surface area contributed by atoms with E-state index in [1.54, 1.807) is 4.90 Å². The minimum Gasteiger partial charge on any atom is -0.377 e. The zero-order valence-corrected chi connectivity index (χ0v) is 16.5. The molecule has 1 N–H and O–H groups in total. The molecule has 1 unspecified atom stereocenters. The second-order valence-corrected chi connectivity index (χ2v) is 7.27. The molecule has 1 atom stereocenters. The van der Waals surface area contributed by atoms with E-state index in [9.17, 15) is 9.59 Å². The lowest BCUT2D eigenvalue weighted by atomic mass is 10.1. The first-order valence-electron chi connectivity index (χ1n) is 9.37. The van der Waals surface area contributed by atoms with Gasteiger partial charge >= 0.3 is 0 Å². The van der Waals surface area contributed by atoms with Crippen molar-refractivity contribution in [2.75, 3.05) is 35.8 Å². The predicted molar refractivity (Wildman–Crippen MR) is 110 cm³/mol. The Kier molecular flexibility index (Phi) is 5.49. The van der Waals surface area contributed by atoms with Crippen LogP contribution >= 0.6 is 0 Å². The van der Waals surface area contributed by atoms with Crippen molar-refractivity contribution in [1.29, 1.82) is 0 Å². The summed E-state index contributed by atoms with van der Waals surface area (Å²) >= 11 is 0. The Morgan fingerprint density at radius 1 is 1.22 bits per heavy atom. The van der Waals surface area contributed by atoms with Crippen LogP contribution in [-0.4, -0.2) is 32.5 Å². The van der Waals surface area contributed by atoms with Gasteiger partial charge in [0.1, 0.15) is 0 Å². The number of hydrogen-bond acceptors (Lipinski definition) is 3. The number of rotatable bonds is 5. The van der Waals surface area contributed by atoms with Gasteiger partial charge in [-0.05, 0) is 48.7 Å². The average Bonchev–Trinajstić information content (AvgIpc) is 3.03.